The van der Waals surface area contributed by atoms with Gasteiger partial charge < -0.3 is 9.88 Å². The van der Waals surface area contributed by atoms with E-state index in [0.717, 1.165) is 11.0 Å². The van der Waals surface area contributed by atoms with E-state index < -0.39 is 5.82 Å². The van der Waals surface area contributed by atoms with Crippen LogP contribution in [0.15, 0.2) is 71.5 Å². The molecule has 0 fully saturated rings. The fraction of sp³-hybridized carbons (Fsp3) is 0.130. The fourth-order valence-corrected chi connectivity index (χ4v) is 3.69. The van der Waals surface area contributed by atoms with Gasteiger partial charge in [0.25, 0.3) is 0 Å². The number of aromatic nitrogens is 1. The second-order valence-corrected chi connectivity index (χ2v) is 7.20. The normalized spacial score (nSPS) is 11.1. The molecule has 1 N–H and O–H groups in total. The van der Waals surface area contributed by atoms with Crippen molar-refractivity contribution in [3.8, 4) is 0 Å². The molecule has 4 nitrogen and oxygen atoms in total. The third-order valence-corrected chi connectivity index (χ3v) is 5.16. The summed E-state index contributed by atoms with van der Waals surface area (Å²) in [5.74, 6) is -0.705. The number of nitrogens with one attached hydrogen (secondary N) is 1. The smallest absolute Gasteiger partial charge is 0.224 e. The molecule has 0 spiro atoms. The monoisotopic (exact) mass is 408 g/mol. The molecule has 0 radical (unpaired) electrons. The number of benzene rings is 3. The van der Waals surface area contributed by atoms with Crippen LogP contribution in [-0.4, -0.2) is 10.5 Å². The van der Waals surface area contributed by atoms with E-state index in [9.17, 15) is 14.0 Å². The minimum Gasteiger partial charge on any atom is -0.340 e. The number of hydrogen-bond donors (Lipinski definition) is 1. The Kier molecular flexibility index (Phi) is 5.32. The van der Waals surface area contributed by atoms with Crippen LogP contribution in [0.2, 0.25) is 5.02 Å². The van der Waals surface area contributed by atoms with Gasteiger partial charge in [-0.25, -0.2) is 4.39 Å². The SMILES string of the molecule is O=C(CCCn1c2ccccc2c(=O)c2ccccc21)Nc1ccc(F)c(Cl)c1. The molecule has 1 heterocycles. The maximum Gasteiger partial charge on any atom is 0.224 e. The molecule has 4 aromatic rings. The van der Waals surface area contributed by atoms with E-state index in [1.165, 1.54) is 18.2 Å². The number of hydrogen-bond acceptors (Lipinski definition) is 2. The molecule has 1 amide bonds. The van der Waals surface area contributed by atoms with E-state index in [-0.39, 0.29) is 22.8 Å². The van der Waals surface area contributed by atoms with Gasteiger partial charge in [-0.2, -0.15) is 0 Å². The second kappa shape index (κ2) is 8.05. The molecule has 6 heteroatoms. The number of anilines is 1. The topological polar surface area (TPSA) is 51.1 Å². The van der Waals surface area contributed by atoms with Crippen LogP contribution in [0.1, 0.15) is 12.8 Å². The number of nitrogens with zero attached hydrogens (tertiary/aromatic N) is 1. The first-order valence-corrected chi connectivity index (χ1v) is 9.67. The molecule has 1 aromatic heterocycles. The molecule has 0 saturated carbocycles. The molecule has 0 bridgehead atoms. The lowest BCUT2D eigenvalue weighted by atomic mass is 10.1. The molecular formula is C23H18ClFN2O2. The van der Waals surface area contributed by atoms with Crippen molar-refractivity contribution in [2.45, 2.75) is 19.4 Å². The first kappa shape index (κ1) is 19.2. The van der Waals surface area contributed by atoms with Gasteiger partial charge in [-0.3, -0.25) is 9.59 Å². The minimum absolute atomic E-state index is 0.0124. The summed E-state index contributed by atoms with van der Waals surface area (Å²) in [6, 6.07) is 19.1. The van der Waals surface area contributed by atoms with Crippen LogP contribution in [0, 0.1) is 5.82 Å². The van der Waals surface area contributed by atoms with Crippen molar-refractivity contribution >= 4 is 45.0 Å². The van der Waals surface area contributed by atoms with Gasteiger partial charge in [0.15, 0.2) is 5.43 Å². The Bertz CT molecular complexity index is 1220. The summed E-state index contributed by atoms with van der Waals surface area (Å²) in [6.45, 7) is 0.582. The first-order valence-electron chi connectivity index (χ1n) is 9.30. The molecule has 0 aliphatic rings. The van der Waals surface area contributed by atoms with E-state index in [2.05, 4.69) is 9.88 Å². The highest BCUT2D eigenvalue weighted by molar-refractivity contribution is 6.31. The second-order valence-electron chi connectivity index (χ2n) is 6.80. The maximum atomic E-state index is 13.2. The van der Waals surface area contributed by atoms with Crippen LogP contribution in [0.4, 0.5) is 10.1 Å². The van der Waals surface area contributed by atoms with Crippen molar-refractivity contribution in [3.05, 3.63) is 87.8 Å². The summed E-state index contributed by atoms with van der Waals surface area (Å²) in [5.41, 5.74) is 2.17. The summed E-state index contributed by atoms with van der Waals surface area (Å²) in [7, 11) is 0. The van der Waals surface area contributed by atoms with Crippen LogP contribution in [0.25, 0.3) is 21.8 Å². The Morgan fingerprint density at radius 1 is 0.966 bits per heavy atom. The average Bonchev–Trinajstić information content (AvgIpc) is 2.73. The lowest BCUT2D eigenvalue weighted by Crippen LogP contribution is -2.15. The first-order chi connectivity index (χ1) is 14.0. The summed E-state index contributed by atoms with van der Waals surface area (Å²) < 4.78 is 15.3. The van der Waals surface area contributed by atoms with Crippen molar-refractivity contribution in [2.75, 3.05) is 5.32 Å². The number of fused-ring (bicyclic) bond motifs is 2. The van der Waals surface area contributed by atoms with E-state index in [0.29, 0.717) is 29.4 Å². The maximum absolute atomic E-state index is 13.2. The third-order valence-electron chi connectivity index (χ3n) is 4.87. The Labute approximate surface area is 171 Å². The predicted molar refractivity (Wildman–Crippen MR) is 115 cm³/mol. The highest BCUT2D eigenvalue weighted by Crippen LogP contribution is 2.21. The molecule has 3 aromatic carbocycles. The Hall–Kier alpha value is -3.18. The lowest BCUT2D eigenvalue weighted by molar-refractivity contribution is -0.116. The summed E-state index contributed by atoms with van der Waals surface area (Å²) >= 11 is 5.75. The molecule has 29 heavy (non-hydrogen) atoms. The van der Waals surface area contributed by atoms with Gasteiger partial charge in [-0.1, -0.05) is 35.9 Å². The number of amides is 1. The van der Waals surface area contributed by atoms with Gasteiger partial charge in [0, 0.05) is 29.4 Å². The Balaban J connectivity index is 1.55. The zero-order valence-corrected chi connectivity index (χ0v) is 16.2. The zero-order chi connectivity index (χ0) is 20.4. The van der Waals surface area contributed by atoms with Gasteiger partial charge in [0.05, 0.1) is 16.1 Å². The molecule has 0 aliphatic heterocycles. The van der Waals surface area contributed by atoms with Gasteiger partial charge >= 0.3 is 0 Å². The van der Waals surface area contributed by atoms with E-state index in [1.807, 2.05) is 48.5 Å². The van der Waals surface area contributed by atoms with Crippen LogP contribution >= 0.6 is 11.6 Å². The van der Waals surface area contributed by atoms with Gasteiger partial charge in [-0.05, 0) is 48.9 Å². The van der Waals surface area contributed by atoms with Crippen LogP contribution in [0.3, 0.4) is 0 Å². The van der Waals surface area contributed by atoms with Crippen molar-refractivity contribution in [3.63, 3.8) is 0 Å². The van der Waals surface area contributed by atoms with E-state index >= 15 is 0 Å². The molecule has 4 rings (SSSR count). The minimum atomic E-state index is -0.526. The summed E-state index contributed by atoms with van der Waals surface area (Å²) in [4.78, 5) is 25.0. The van der Waals surface area contributed by atoms with Crippen LogP contribution < -0.4 is 10.7 Å². The highest BCUT2D eigenvalue weighted by atomic mass is 35.5. The van der Waals surface area contributed by atoms with Gasteiger partial charge in [0.2, 0.25) is 5.91 Å². The molecule has 0 aliphatic carbocycles. The van der Waals surface area contributed by atoms with Crippen molar-refractivity contribution in [1.82, 2.24) is 4.57 Å². The zero-order valence-electron chi connectivity index (χ0n) is 15.5. The summed E-state index contributed by atoms with van der Waals surface area (Å²) in [6.07, 6.45) is 0.862. The molecule has 0 unspecified atom stereocenters. The fourth-order valence-electron chi connectivity index (χ4n) is 3.51. The quantitative estimate of drug-likeness (QED) is 0.451. The van der Waals surface area contributed by atoms with Gasteiger partial charge in [-0.15, -0.1) is 0 Å². The van der Waals surface area contributed by atoms with Gasteiger partial charge in [0.1, 0.15) is 5.82 Å². The van der Waals surface area contributed by atoms with Crippen LogP contribution in [-0.2, 0) is 11.3 Å². The number of para-hydroxylation sites is 2. The number of pyridine rings is 1. The molecule has 146 valence electrons. The van der Waals surface area contributed by atoms with Crippen molar-refractivity contribution in [1.29, 1.82) is 0 Å². The summed E-state index contributed by atoms with van der Waals surface area (Å²) in [5, 5.41) is 4.02. The predicted octanol–water partition coefficient (Wildman–Crippen LogP) is 5.37. The van der Waals surface area contributed by atoms with E-state index in [1.54, 1.807) is 0 Å². The number of carbonyl (C=O) groups is 1. The third kappa shape index (κ3) is 3.87. The number of carbonyl (C=O) groups excluding carboxylic acids is 1. The van der Waals surface area contributed by atoms with Crippen LogP contribution in [0.5, 0.6) is 0 Å². The Morgan fingerprint density at radius 3 is 2.21 bits per heavy atom. The highest BCUT2D eigenvalue weighted by Gasteiger charge is 2.11. The molecule has 0 atom stereocenters. The largest absolute Gasteiger partial charge is 0.340 e. The van der Waals surface area contributed by atoms with E-state index in [4.69, 9.17) is 11.6 Å². The number of halogens is 2. The van der Waals surface area contributed by atoms with Crippen molar-refractivity contribution in [2.24, 2.45) is 0 Å². The Morgan fingerprint density at radius 2 is 1.59 bits per heavy atom. The average molecular weight is 409 g/mol. The molecular weight excluding hydrogens is 391 g/mol. The standard InChI is InChI=1S/C23H18ClFN2O2/c24-18-14-15(11-12-19(18)25)26-22(28)10-5-13-27-20-8-3-1-6-16(20)23(29)17-7-2-4-9-21(17)27/h1-4,6-9,11-12,14H,5,10,13H2,(H,26,28). The molecule has 0 saturated heterocycles. The van der Waals surface area contributed by atoms with Crippen molar-refractivity contribution < 1.29 is 9.18 Å². The number of aryl methyl sites for hydroxylation is 1. The number of rotatable bonds is 5. The lowest BCUT2D eigenvalue weighted by Gasteiger charge is -2.15.